The summed E-state index contributed by atoms with van der Waals surface area (Å²) in [5, 5.41) is 39.7. The molecule has 3 atom stereocenters. The lowest BCUT2D eigenvalue weighted by atomic mass is 9.82. The van der Waals surface area contributed by atoms with Crippen LogP contribution in [0.15, 0.2) is 24.0 Å². The Morgan fingerprint density at radius 2 is 2.12 bits per heavy atom. The van der Waals surface area contributed by atoms with Crippen molar-refractivity contribution < 1.29 is 25.2 Å². The van der Waals surface area contributed by atoms with Crippen molar-refractivity contribution in [3.05, 3.63) is 24.0 Å². The predicted molar refractivity (Wildman–Crippen MR) is 54.6 cm³/mol. The summed E-state index contributed by atoms with van der Waals surface area (Å²) in [7, 11) is 0. The number of hydrogen-bond acceptors (Lipinski definition) is 5. The number of carbonyl (C=O) groups excluding carboxylic acids is 1. The third-order valence-electron chi connectivity index (χ3n) is 3.58. The number of ketones is 1. The molecule has 0 bridgehead atoms. The molecular formula is C11H14O5. The van der Waals surface area contributed by atoms with E-state index in [0.29, 0.717) is 0 Å². The minimum Gasteiger partial charge on any atom is -0.504 e. The number of aliphatic hydroxyl groups excluding tert-OH is 2. The van der Waals surface area contributed by atoms with E-state index in [9.17, 15) is 25.2 Å². The fourth-order valence-corrected chi connectivity index (χ4v) is 2.67. The summed E-state index contributed by atoms with van der Waals surface area (Å²) in [4.78, 5) is 11.7. The molecule has 5 nitrogen and oxygen atoms in total. The van der Waals surface area contributed by atoms with Crippen LogP contribution in [0.1, 0.15) is 19.3 Å². The fourth-order valence-electron chi connectivity index (χ4n) is 2.67. The maximum absolute atomic E-state index is 11.7. The number of carbonyl (C=O) groups is 1. The Morgan fingerprint density at radius 3 is 2.69 bits per heavy atom. The minimum absolute atomic E-state index is 0.0417. The second kappa shape index (κ2) is 3.16. The lowest BCUT2D eigenvalue weighted by Gasteiger charge is -2.34. The van der Waals surface area contributed by atoms with Crippen LogP contribution in [0.2, 0.25) is 0 Å². The summed E-state index contributed by atoms with van der Waals surface area (Å²) in [5.41, 5.74) is -4.20. The molecule has 5 heteroatoms. The van der Waals surface area contributed by atoms with Gasteiger partial charge in [-0.1, -0.05) is 6.08 Å². The van der Waals surface area contributed by atoms with Gasteiger partial charge in [0.15, 0.2) is 17.0 Å². The monoisotopic (exact) mass is 226 g/mol. The topological polar surface area (TPSA) is 98.0 Å². The highest BCUT2D eigenvalue weighted by Gasteiger charge is 2.70. The van der Waals surface area contributed by atoms with E-state index in [1.165, 1.54) is 6.08 Å². The van der Waals surface area contributed by atoms with Crippen molar-refractivity contribution in [2.45, 2.75) is 36.6 Å². The van der Waals surface area contributed by atoms with Gasteiger partial charge in [0.25, 0.3) is 0 Å². The first-order valence-electron chi connectivity index (χ1n) is 5.10. The molecule has 88 valence electrons. The Labute approximate surface area is 92.3 Å². The molecular weight excluding hydrogens is 212 g/mol. The first-order chi connectivity index (χ1) is 7.39. The zero-order valence-corrected chi connectivity index (χ0v) is 8.68. The van der Waals surface area contributed by atoms with E-state index in [-0.39, 0.29) is 24.8 Å². The molecule has 0 saturated heterocycles. The highest BCUT2D eigenvalue weighted by molar-refractivity contribution is 6.06. The highest BCUT2D eigenvalue weighted by atomic mass is 16.4. The van der Waals surface area contributed by atoms with Gasteiger partial charge in [0.05, 0.1) is 6.10 Å². The number of allylic oxidation sites excluding steroid dienone is 1. The number of aliphatic hydroxyl groups is 4. The van der Waals surface area contributed by atoms with Crippen molar-refractivity contribution >= 4 is 5.78 Å². The fraction of sp³-hybridized carbons (Fsp3) is 0.545. The van der Waals surface area contributed by atoms with E-state index in [2.05, 4.69) is 6.58 Å². The smallest absolute Gasteiger partial charge is 0.232 e. The highest BCUT2D eigenvalue weighted by Crippen LogP contribution is 2.52. The van der Waals surface area contributed by atoms with Crippen molar-refractivity contribution in [1.29, 1.82) is 0 Å². The van der Waals surface area contributed by atoms with Crippen LogP contribution >= 0.6 is 0 Å². The van der Waals surface area contributed by atoms with Crippen LogP contribution < -0.4 is 0 Å². The summed E-state index contributed by atoms with van der Waals surface area (Å²) in [6.45, 7) is 3.45. The van der Waals surface area contributed by atoms with Crippen LogP contribution in [-0.4, -0.2) is 43.5 Å². The average molecular weight is 226 g/mol. The van der Waals surface area contributed by atoms with Crippen molar-refractivity contribution in [2.24, 2.45) is 0 Å². The SMILES string of the molecule is C=CCC1=C(O)C(=O)[C@]2(O)CC[C@H](O)[C@]12O. The Balaban J connectivity index is 2.59. The van der Waals surface area contributed by atoms with Crippen molar-refractivity contribution in [3.8, 4) is 0 Å². The van der Waals surface area contributed by atoms with Gasteiger partial charge in [-0.25, -0.2) is 0 Å². The van der Waals surface area contributed by atoms with E-state index in [1.807, 2.05) is 0 Å². The largest absolute Gasteiger partial charge is 0.504 e. The second-order valence-corrected chi connectivity index (χ2v) is 4.33. The standard InChI is InChI=1S/C11H14O5/c1-2-3-6-8(13)9(14)10(15)5-4-7(12)11(6,10)16/h2,7,12-13,15-16H,1,3-5H2/t7-,10+,11+/m0/s1. The van der Waals surface area contributed by atoms with E-state index < -0.39 is 28.8 Å². The van der Waals surface area contributed by atoms with Gasteiger partial charge in [0.1, 0.15) is 0 Å². The zero-order chi connectivity index (χ0) is 12.1. The maximum Gasteiger partial charge on any atom is 0.232 e. The minimum atomic E-state index is -2.09. The van der Waals surface area contributed by atoms with E-state index in [0.717, 1.165) is 0 Å². The number of hydrogen-bond donors (Lipinski definition) is 4. The Hall–Kier alpha value is -1.17. The van der Waals surface area contributed by atoms with E-state index in [4.69, 9.17) is 0 Å². The number of Topliss-reactive ketones (excluding diaryl/α,β-unsaturated/α-hetero) is 1. The van der Waals surface area contributed by atoms with Gasteiger partial charge in [0, 0.05) is 5.57 Å². The average Bonchev–Trinajstić information content (AvgIpc) is 2.56. The Morgan fingerprint density at radius 1 is 1.50 bits per heavy atom. The lowest BCUT2D eigenvalue weighted by Crippen LogP contribution is -2.56. The first kappa shape index (κ1) is 11.3. The molecule has 0 aromatic heterocycles. The molecule has 0 heterocycles. The summed E-state index contributed by atoms with van der Waals surface area (Å²) in [5.74, 6) is -1.56. The van der Waals surface area contributed by atoms with Gasteiger partial charge >= 0.3 is 0 Å². The molecule has 0 aromatic rings. The van der Waals surface area contributed by atoms with Crippen molar-refractivity contribution in [3.63, 3.8) is 0 Å². The lowest BCUT2D eigenvalue weighted by molar-refractivity contribution is -0.160. The van der Waals surface area contributed by atoms with Crippen LogP contribution in [-0.2, 0) is 4.79 Å². The van der Waals surface area contributed by atoms with Crippen LogP contribution in [0, 0.1) is 0 Å². The quantitative estimate of drug-likeness (QED) is 0.479. The molecule has 4 N–H and O–H groups in total. The van der Waals surface area contributed by atoms with Gasteiger partial charge in [-0.2, -0.15) is 0 Å². The van der Waals surface area contributed by atoms with Crippen LogP contribution in [0.25, 0.3) is 0 Å². The molecule has 0 aromatic carbocycles. The third-order valence-corrected chi connectivity index (χ3v) is 3.58. The third kappa shape index (κ3) is 0.979. The molecule has 0 amide bonds. The zero-order valence-electron chi connectivity index (χ0n) is 8.68. The van der Waals surface area contributed by atoms with E-state index >= 15 is 0 Å². The molecule has 2 aliphatic carbocycles. The predicted octanol–water partition coefficient (Wildman–Crippen LogP) is -0.426. The summed E-state index contributed by atoms with van der Waals surface area (Å²) in [6, 6.07) is 0. The first-order valence-corrected chi connectivity index (χ1v) is 5.10. The van der Waals surface area contributed by atoms with Gasteiger partial charge < -0.3 is 20.4 Å². The van der Waals surface area contributed by atoms with Crippen molar-refractivity contribution in [2.75, 3.05) is 0 Å². The Kier molecular flexibility index (Phi) is 2.24. The molecule has 1 fully saturated rings. The van der Waals surface area contributed by atoms with Gasteiger partial charge in [-0.05, 0) is 19.3 Å². The molecule has 0 unspecified atom stereocenters. The van der Waals surface area contributed by atoms with Crippen LogP contribution in [0.5, 0.6) is 0 Å². The molecule has 0 spiro atoms. The molecule has 2 rings (SSSR count). The molecule has 16 heavy (non-hydrogen) atoms. The van der Waals surface area contributed by atoms with Gasteiger partial charge in [0.2, 0.25) is 5.78 Å². The molecule has 0 aliphatic heterocycles. The van der Waals surface area contributed by atoms with Crippen LogP contribution in [0.4, 0.5) is 0 Å². The molecule has 2 aliphatic rings. The normalized spacial score (nSPS) is 42.7. The van der Waals surface area contributed by atoms with Crippen LogP contribution in [0.3, 0.4) is 0 Å². The number of rotatable bonds is 2. The summed E-state index contributed by atoms with van der Waals surface area (Å²) < 4.78 is 0. The van der Waals surface area contributed by atoms with E-state index in [1.54, 1.807) is 0 Å². The maximum atomic E-state index is 11.7. The number of fused-ring (bicyclic) bond motifs is 1. The Bertz CT molecular complexity index is 399. The summed E-state index contributed by atoms with van der Waals surface area (Å²) in [6.07, 6.45) is 0.253. The van der Waals surface area contributed by atoms with Gasteiger partial charge in [-0.15, -0.1) is 6.58 Å². The summed E-state index contributed by atoms with van der Waals surface area (Å²) >= 11 is 0. The molecule has 1 saturated carbocycles. The molecule has 0 radical (unpaired) electrons. The van der Waals surface area contributed by atoms with Crippen molar-refractivity contribution in [1.82, 2.24) is 0 Å². The van der Waals surface area contributed by atoms with Gasteiger partial charge in [-0.3, -0.25) is 4.79 Å². The second-order valence-electron chi connectivity index (χ2n) is 4.33.